The lowest BCUT2D eigenvalue weighted by Gasteiger charge is -2.18. The number of hydrogen-bond donors (Lipinski definition) is 1. The van der Waals surface area contributed by atoms with Crippen molar-refractivity contribution in [2.24, 2.45) is 0 Å². The van der Waals surface area contributed by atoms with Gasteiger partial charge >= 0.3 is 12.3 Å². The molecule has 0 saturated heterocycles. The molecule has 1 aromatic rings. The Morgan fingerprint density at radius 1 is 1.29 bits per heavy atom. The monoisotopic (exact) mass is 251 g/mol. The molecule has 0 unspecified atom stereocenters. The topological polar surface area (TPSA) is 21.3 Å². The fraction of sp³-hybridized carbons (Fsp3) is 0.455. The highest BCUT2D eigenvalue weighted by Gasteiger charge is 2.40. The van der Waals surface area contributed by atoms with E-state index in [0.29, 0.717) is 11.3 Å². The summed E-state index contributed by atoms with van der Waals surface area (Å²) < 4.78 is 54.2. The van der Waals surface area contributed by atoms with Gasteiger partial charge in [-0.3, -0.25) is 0 Å². The lowest BCUT2D eigenvalue weighted by molar-refractivity contribution is -0.117. The molecule has 0 spiro atoms. The summed E-state index contributed by atoms with van der Waals surface area (Å²) in [5, 5.41) is 2.31. The molecule has 0 atom stereocenters. The molecule has 6 heteroatoms. The van der Waals surface area contributed by atoms with Crippen LogP contribution in [0.1, 0.15) is 5.56 Å². The van der Waals surface area contributed by atoms with E-state index in [9.17, 15) is 17.6 Å². The van der Waals surface area contributed by atoms with Crippen molar-refractivity contribution in [3.63, 3.8) is 0 Å². The van der Waals surface area contributed by atoms with E-state index in [4.69, 9.17) is 4.74 Å². The third-order valence-corrected chi connectivity index (χ3v) is 2.15. The van der Waals surface area contributed by atoms with Crippen molar-refractivity contribution in [1.29, 1.82) is 0 Å². The number of rotatable bonds is 6. The van der Waals surface area contributed by atoms with Crippen molar-refractivity contribution in [2.75, 3.05) is 19.0 Å². The lowest BCUT2D eigenvalue weighted by atomic mass is 10.2. The van der Waals surface area contributed by atoms with Gasteiger partial charge < -0.3 is 10.1 Å². The van der Waals surface area contributed by atoms with Crippen molar-refractivity contribution in [3.8, 4) is 0 Å². The molecule has 0 aliphatic heterocycles. The first kappa shape index (κ1) is 13.8. The Labute approximate surface area is 96.6 Å². The molecule has 0 aliphatic rings. The van der Waals surface area contributed by atoms with E-state index in [-0.39, 0.29) is 6.61 Å². The van der Waals surface area contributed by atoms with Gasteiger partial charge in [0.15, 0.2) is 0 Å². The van der Waals surface area contributed by atoms with E-state index in [1.54, 1.807) is 18.2 Å². The van der Waals surface area contributed by atoms with Crippen LogP contribution in [0.15, 0.2) is 24.3 Å². The number of nitrogens with one attached hydrogen (secondary N) is 1. The second-order valence-corrected chi connectivity index (χ2v) is 3.51. The van der Waals surface area contributed by atoms with Crippen molar-refractivity contribution < 1.29 is 22.3 Å². The highest BCUT2D eigenvalue weighted by molar-refractivity contribution is 5.50. The van der Waals surface area contributed by atoms with E-state index in [2.05, 4.69) is 5.32 Å². The van der Waals surface area contributed by atoms with Crippen LogP contribution in [-0.4, -0.2) is 26.0 Å². The molecule has 1 aromatic carbocycles. The maximum Gasteiger partial charge on any atom is 0.324 e. The summed E-state index contributed by atoms with van der Waals surface area (Å²) in [6.45, 7) is -0.880. The number of para-hydroxylation sites is 1. The van der Waals surface area contributed by atoms with E-state index < -0.39 is 18.9 Å². The fourth-order valence-electron chi connectivity index (χ4n) is 1.26. The van der Waals surface area contributed by atoms with Crippen LogP contribution < -0.4 is 5.32 Å². The van der Waals surface area contributed by atoms with Gasteiger partial charge in [-0.25, -0.2) is 8.78 Å². The number of hydrogen-bond acceptors (Lipinski definition) is 2. The summed E-state index contributed by atoms with van der Waals surface area (Å²) in [7, 11) is 1.46. The number of alkyl halides is 4. The molecule has 0 heterocycles. The van der Waals surface area contributed by atoms with Gasteiger partial charge in [0.2, 0.25) is 0 Å². The Kier molecular flexibility index (Phi) is 4.74. The summed E-state index contributed by atoms with van der Waals surface area (Å²) in [6, 6.07) is 6.55. The Morgan fingerprint density at radius 3 is 2.53 bits per heavy atom. The number of methoxy groups -OCH3 is 1. The zero-order valence-electron chi connectivity index (χ0n) is 9.22. The molecule has 0 saturated carbocycles. The highest BCUT2D eigenvalue weighted by Crippen LogP contribution is 2.24. The molecule has 2 nitrogen and oxygen atoms in total. The molecule has 0 fully saturated rings. The minimum atomic E-state index is -4.04. The molecule has 0 radical (unpaired) electrons. The smallest absolute Gasteiger partial charge is 0.324 e. The minimum Gasteiger partial charge on any atom is -0.380 e. The van der Waals surface area contributed by atoms with Crippen LogP contribution in [0.4, 0.5) is 23.2 Å². The van der Waals surface area contributed by atoms with Crippen molar-refractivity contribution in [2.45, 2.75) is 19.0 Å². The molecule has 1 rings (SSSR count). The minimum absolute atomic E-state index is 0.226. The first-order valence-electron chi connectivity index (χ1n) is 4.94. The average molecular weight is 251 g/mol. The van der Waals surface area contributed by atoms with Gasteiger partial charge in [-0.15, -0.1) is 0 Å². The van der Waals surface area contributed by atoms with Crippen molar-refractivity contribution in [1.82, 2.24) is 0 Å². The van der Waals surface area contributed by atoms with Crippen molar-refractivity contribution in [3.05, 3.63) is 29.8 Å². The largest absolute Gasteiger partial charge is 0.380 e. The van der Waals surface area contributed by atoms with Crippen LogP contribution in [-0.2, 0) is 11.3 Å². The number of anilines is 1. The predicted octanol–water partition coefficient (Wildman–Crippen LogP) is 3.15. The Hall–Kier alpha value is -1.30. The quantitative estimate of drug-likeness (QED) is 0.784. The van der Waals surface area contributed by atoms with Crippen LogP contribution in [0.25, 0.3) is 0 Å². The number of ether oxygens (including phenoxy) is 1. The Morgan fingerprint density at radius 2 is 1.94 bits per heavy atom. The van der Waals surface area contributed by atoms with Crippen LogP contribution in [0.5, 0.6) is 0 Å². The first-order chi connectivity index (χ1) is 7.97. The van der Waals surface area contributed by atoms with Gasteiger partial charge in [-0.2, -0.15) is 8.78 Å². The third-order valence-electron chi connectivity index (χ3n) is 2.15. The van der Waals surface area contributed by atoms with E-state index in [1.165, 1.54) is 13.2 Å². The Bertz CT molecular complexity index is 357. The van der Waals surface area contributed by atoms with Gasteiger partial charge in [-0.1, -0.05) is 18.2 Å². The predicted molar refractivity (Wildman–Crippen MR) is 56.6 cm³/mol. The van der Waals surface area contributed by atoms with Gasteiger partial charge in [0, 0.05) is 18.4 Å². The molecular formula is C11H13F4NO. The summed E-state index contributed by atoms with van der Waals surface area (Å²) in [5.74, 6) is -4.04. The molecule has 1 N–H and O–H groups in total. The van der Waals surface area contributed by atoms with Gasteiger partial charge in [0.1, 0.15) is 0 Å². The summed E-state index contributed by atoms with van der Waals surface area (Å²) in [4.78, 5) is 0. The molecule has 96 valence electrons. The summed E-state index contributed by atoms with van der Waals surface area (Å²) in [6.07, 6.45) is -3.68. The molecule has 0 aliphatic carbocycles. The third kappa shape index (κ3) is 3.89. The molecule has 0 amide bonds. The Balaban J connectivity index is 2.69. The van der Waals surface area contributed by atoms with Crippen LogP contribution in [0, 0.1) is 0 Å². The molecule has 0 bridgehead atoms. The molecule has 0 aromatic heterocycles. The SMILES string of the molecule is COCc1ccccc1NCC(F)(F)C(F)F. The summed E-state index contributed by atoms with van der Waals surface area (Å²) in [5.41, 5.74) is 1.01. The van der Waals surface area contributed by atoms with Crippen LogP contribution >= 0.6 is 0 Å². The molecule has 17 heavy (non-hydrogen) atoms. The van der Waals surface area contributed by atoms with Crippen molar-refractivity contribution >= 4 is 5.69 Å². The highest BCUT2D eigenvalue weighted by atomic mass is 19.3. The maximum atomic E-state index is 12.7. The number of benzene rings is 1. The maximum absolute atomic E-state index is 12.7. The standard InChI is InChI=1S/C11H13F4NO/c1-17-6-8-4-2-3-5-9(8)16-7-11(14,15)10(12)13/h2-5,10,16H,6-7H2,1H3. The van der Waals surface area contributed by atoms with E-state index >= 15 is 0 Å². The van der Waals surface area contributed by atoms with E-state index in [1.807, 2.05) is 0 Å². The van der Waals surface area contributed by atoms with E-state index in [0.717, 1.165) is 0 Å². The zero-order chi connectivity index (χ0) is 12.9. The fourth-order valence-corrected chi connectivity index (χ4v) is 1.26. The van der Waals surface area contributed by atoms with Gasteiger partial charge in [-0.05, 0) is 6.07 Å². The first-order valence-corrected chi connectivity index (χ1v) is 4.94. The molecular weight excluding hydrogens is 238 g/mol. The van der Waals surface area contributed by atoms with Gasteiger partial charge in [0.05, 0.1) is 13.2 Å². The zero-order valence-corrected chi connectivity index (χ0v) is 9.22. The second-order valence-electron chi connectivity index (χ2n) is 3.51. The summed E-state index contributed by atoms with van der Waals surface area (Å²) >= 11 is 0. The lowest BCUT2D eigenvalue weighted by Crippen LogP contribution is -2.35. The van der Waals surface area contributed by atoms with Crippen LogP contribution in [0.3, 0.4) is 0 Å². The average Bonchev–Trinajstić information content (AvgIpc) is 2.28. The normalized spacial score (nSPS) is 11.9. The van der Waals surface area contributed by atoms with Crippen LogP contribution in [0.2, 0.25) is 0 Å². The number of halogens is 4. The second kappa shape index (κ2) is 5.86. The van der Waals surface area contributed by atoms with Gasteiger partial charge in [0.25, 0.3) is 0 Å².